The van der Waals surface area contributed by atoms with Gasteiger partial charge in [0.2, 0.25) is 0 Å². The predicted molar refractivity (Wildman–Crippen MR) is 42.6 cm³/mol. The summed E-state index contributed by atoms with van der Waals surface area (Å²) in [7, 11) is 0. The van der Waals surface area contributed by atoms with Crippen molar-refractivity contribution < 1.29 is 4.74 Å². The van der Waals surface area contributed by atoms with Crippen molar-refractivity contribution in [1.29, 1.82) is 0 Å². The summed E-state index contributed by atoms with van der Waals surface area (Å²) in [5.74, 6) is 0. The lowest BCUT2D eigenvalue weighted by molar-refractivity contribution is 0.133. The van der Waals surface area contributed by atoms with E-state index in [1.165, 1.54) is 11.3 Å². The second kappa shape index (κ2) is 3.80. The van der Waals surface area contributed by atoms with Gasteiger partial charge < -0.3 is 4.74 Å². The van der Waals surface area contributed by atoms with Crippen molar-refractivity contribution in [3.05, 3.63) is 8.96 Å². The zero-order chi connectivity index (χ0) is 7.40. The van der Waals surface area contributed by atoms with Crippen LogP contribution in [0.25, 0.3) is 0 Å². The molecule has 0 saturated carbocycles. The molecule has 0 radical (unpaired) electrons. The molecule has 0 amide bonds. The maximum absolute atomic E-state index is 5.11. The normalized spacial score (nSPS) is 10.1. The Balaban J connectivity index is 2.50. The zero-order valence-corrected chi connectivity index (χ0v) is 7.22. The van der Waals surface area contributed by atoms with Crippen LogP contribution in [0.15, 0.2) is 0 Å². The van der Waals surface area contributed by atoms with Crippen LogP contribution >= 0.6 is 23.6 Å². The number of hydrogen-bond donors (Lipinski definition) is 1. The lowest BCUT2D eigenvalue weighted by Gasteiger charge is -1.92. The number of rotatable bonds is 3. The largest absolute Gasteiger partial charge is 0.374 e. The second-order valence-corrected chi connectivity index (χ2v) is 3.39. The summed E-state index contributed by atoms with van der Waals surface area (Å²) >= 11 is 6.28. The molecular weight excluding hydrogens is 168 g/mol. The van der Waals surface area contributed by atoms with Crippen molar-refractivity contribution in [1.82, 2.24) is 10.2 Å². The van der Waals surface area contributed by atoms with E-state index in [4.69, 9.17) is 17.0 Å². The van der Waals surface area contributed by atoms with E-state index in [1.54, 1.807) is 0 Å². The number of nitrogens with zero attached hydrogens (tertiary/aromatic N) is 1. The molecule has 0 aliphatic rings. The van der Waals surface area contributed by atoms with Crippen molar-refractivity contribution in [2.45, 2.75) is 13.5 Å². The molecule has 0 aliphatic carbocycles. The fourth-order valence-electron chi connectivity index (χ4n) is 0.512. The highest BCUT2D eigenvalue weighted by Gasteiger charge is 1.94. The van der Waals surface area contributed by atoms with Crippen molar-refractivity contribution >= 4 is 23.6 Å². The SMILES string of the molecule is CCOCc1n[nH]c(=S)s1. The van der Waals surface area contributed by atoms with E-state index < -0.39 is 0 Å². The quantitative estimate of drug-likeness (QED) is 0.713. The number of hydrogen-bond acceptors (Lipinski definition) is 4. The lowest BCUT2D eigenvalue weighted by Crippen LogP contribution is -1.90. The molecule has 0 spiro atoms. The number of aromatic nitrogens is 2. The van der Waals surface area contributed by atoms with E-state index in [1.807, 2.05) is 6.92 Å². The average molecular weight is 176 g/mol. The molecule has 1 aromatic rings. The predicted octanol–water partition coefficient (Wildman–Crippen LogP) is 1.74. The highest BCUT2D eigenvalue weighted by molar-refractivity contribution is 7.73. The topological polar surface area (TPSA) is 37.9 Å². The molecule has 1 aromatic heterocycles. The van der Waals surface area contributed by atoms with E-state index in [9.17, 15) is 0 Å². The van der Waals surface area contributed by atoms with Gasteiger partial charge in [-0.2, -0.15) is 5.10 Å². The Bertz CT molecular complexity index is 242. The maximum atomic E-state index is 5.11. The summed E-state index contributed by atoms with van der Waals surface area (Å²) in [6.45, 7) is 3.23. The van der Waals surface area contributed by atoms with E-state index >= 15 is 0 Å². The molecule has 0 unspecified atom stereocenters. The average Bonchev–Trinajstić information content (AvgIpc) is 2.31. The molecule has 1 rings (SSSR count). The summed E-state index contributed by atoms with van der Waals surface area (Å²) in [5.41, 5.74) is 0. The number of H-pyrrole nitrogens is 1. The Morgan fingerprint density at radius 1 is 1.80 bits per heavy atom. The molecule has 56 valence electrons. The molecule has 0 aliphatic heterocycles. The van der Waals surface area contributed by atoms with Gasteiger partial charge in [-0.25, -0.2) is 0 Å². The third kappa shape index (κ3) is 2.17. The maximum Gasteiger partial charge on any atom is 0.176 e. The standard InChI is InChI=1S/C5H8N2OS2/c1-2-8-3-4-6-7-5(9)10-4/h2-3H2,1H3,(H,7,9). The van der Waals surface area contributed by atoms with Crippen LogP contribution in [-0.4, -0.2) is 16.8 Å². The molecule has 1 N–H and O–H groups in total. The molecule has 3 nitrogen and oxygen atoms in total. The van der Waals surface area contributed by atoms with Gasteiger partial charge in [0.1, 0.15) is 11.6 Å². The van der Waals surface area contributed by atoms with Gasteiger partial charge in [0.15, 0.2) is 3.95 Å². The Kier molecular flexibility index (Phi) is 2.98. The van der Waals surface area contributed by atoms with Crippen molar-refractivity contribution in [3.63, 3.8) is 0 Å². The van der Waals surface area contributed by atoms with E-state index in [2.05, 4.69) is 10.2 Å². The van der Waals surface area contributed by atoms with Crippen LogP contribution in [0.2, 0.25) is 0 Å². The van der Waals surface area contributed by atoms with E-state index in [0.717, 1.165) is 5.01 Å². The summed E-state index contributed by atoms with van der Waals surface area (Å²) in [6.07, 6.45) is 0. The highest BCUT2D eigenvalue weighted by Crippen LogP contribution is 2.05. The monoisotopic (exact) mass is 176 g/mol. The molecule has 0 saturated heterocycles. The van der Waals surface area contributed by atoms with Crippen molar-refractivity contribution in [2.75, 3.05) is 6.61 Å². The van der Waals surface area contributed by atoms with Gasteiger partial charge in [0.25, 0.3) is 0 Å². The van der Waals surface area contributed by atoms with Gasteiger partial charge in [-0.1, -0.05) is 11.3 Å². The van der Waals surface area contributed by atoms with Crippen LogP contribution < -0.4 is 0 Å². The van der Waals surface area contributed by atoms with Gasteiger partial charge in [0.05, 0.1) is 0 Å². The number of nitrogens with one attached hydrogen (secondary N) is 1. The van der Waals surface area contributed by atoms with Crippen molar-refractivity contribution in [2.24, 2.45) is 0 Å². The first-order chi connectivity index (χ1) is 4.83. The Hall–Kier alpha value is -0.260. The van der Waals surface area contributed by atoms with Crippen LogP contribution in [0.4, 0.5) is 0 Å². The Morgan fingerprint density at radius 3 is 3.10 bits per heavy atom. The highest BCUT2D eigenvalue weighted by atomic mass is 32.1. The van der Waals surface area contributed by atoms with Gasteiger partial charge in [-0.05, 0) is 19.1 Å². The first-order valence-corrected chi connectivity index (χ1v) is 4.17. The molecule has 1 heterocycles. The van der Waals surface area contributed by atoms with Crippen LogP contribution in [0.5, 0.6) is 0 Å². The fourth-order valence-corrected chi connectivity index (χ4v) is 1.38. The Morgan fingerprint density at radius 2 is 2.60 bits per heavy atom. The summed E-state index contributed by atoms with van der Waals surface area (Å²) in [6, 6.07) is 0. The molecule has 0 atom stereocenters. The minimum Gasteiger partial charge on any atom is -0.374 e. The van der Waals surface area contributed by atoms with Crippen LogP contribution in [-0.2, 0) is 11.3 Å². The van der Waals surface area contributed by atoms with Gasteiger partial charge in [-0.15, -0.1) is 0 Å². The van der Waals surface area contributed by atoms with E-state index in [-0.39, 0.29) is 0 Å². The minimum atomic E-state index is 0.564. The van der Waals surface area contributed by atoms with Crippen LogP contribution in [0.1, 0.15) is 11.9 Å². The third-order valence-corrected chi connectivity index (χ3v) is 1.97. The Labute approximate surface area is 68.0 Å². The van der Waals surface area contributed by atoms with Crippen LogP contribution in [0.3, 0.4) is 0 Å². The summed E-state index contributed by atoms with van der Waals surface area (Å²) in [5, 5.41) is 7.51. The first-order valence-electron chi connectivity index (χ1n) is 2.95. The molecule has 0 bridgehead atoms. The van der Waals surface area contributed by atoms with E-state index in [0.29, 0.717) is 17.2 Å². The molecule has 0 aromatic carbocycles. The smallest absolute Gasteiger partial charge is 0.176 e. The minimum absolute atomic E-state index is 0.564. The van der Waals surface area contributed by atoms with Gasteiger partial charge >= 0.3 is 0 Å². The fraction of sp³-hybridized carbons (Fsp3) is 0.600. The number of aromatic amines is 1. The third-order valence-electron chi connectivity index (χ3n) is 0.912. The van der Waals surface area contributed by atoms with Crippen molar-refractivity contribution in [3.8, 4) is 0 Å². The zero-order valence-electron chi connectivity index (χ0n) is 5.59. The molecular formula is C5H8N2OS2. The summed E-state index contributed by atoms with van der Waals surface area (Å²) in [4.78, 5) is 0. The first kappa shape index (κ1) is 7.84. The number of ether oxygens (including phenoxy) is 1. The van der Waals surface area contributed by atoms with Gasteiger partial charge in [0, 0.05) is 6.61 Å². The molecule has 0 fully saturated rings. The second-order valence-electron chi connectivity index (χ2n) is 1.64. The lowest BCUT2D eigenvalue weighted by atomic mass is 10.7. The van der Waals surface area contributed by atoms with Crippen LogP contribution in [0, 0.1) is 3.95 Å². The summed E-state index contributed by atoms with van der Waals surface area (Å²) < 4.78 is 5.82. The molecule has 10 heavy (non-hydrogen) atoms. The molecule has 5 heteroatoms. The van der Waals surface area contributed by atoms with Gasteiger partial charge in [-0.3, -0.25) is 5.10 Å².